The molecule has 15 heavy (non-hydrogen) atoms. The minimum Gasteiger partial charge on any atom is -0.508 e. The van der Waals surface area contributed by atoms with E-state index in [9.17, 15) is 18.6 Å². The van der Waals surface area contributed by atoms with Crippen LogP contribution in [0.2, 0.25) is 0 Å². The summed E-state index contributed by atoms with van der Waals surface area (Å²) in [7, 11) is -3.62. The van der Waals surface area contributed by atoms with Gasteiger partial charge in [-0.05, 0) is 36.8 Å². The van der Waals surface area contributed by atoms with Crippen LogP contribution in [0.4, 0.5) is 0 Å². The molecule has 0 fully saturated rings. The second-order valence-corrected chi connectivity index (χ2v) is 5.37. The maximum absolute atomic E-state index is 11.8. The van der Waals surface area contributed by atoms with E-state index in [0.717, 1.165) is 0 Å². The van der Waals surface area contributed by atoms with Crippen LogP contribution in [0.25, 0.3) is 6.08 Å². The van der Waals surface area contributed by atoms with Gasteiger partial charge in [-0.25, -0.2) is 8.42 Å². The lowest BCUT2D eigenvalue weighted by molar-refractivity contribution is 0.240. The zero-order valence-corrected chi connectivity index (χ0v) is 8.82. The maximum atomic E-state index is 11.8. The topological polar surface area (TPSA) is 74.6 Å². The summed E-state index contributed by atoms with van der Waals surface area (Å²) in [4.78, 5) is 0.0292. The number of sulfone groups is 1. The van der Waals surface area contributed by atoms with E-state index in [2.05, 4.69) is 0 Å². The van der Waals surface area contributed by atoms with Crippen molar-refractivity contribution in [2.45, 2.75) is 17.9 Å². The molecule has 0 radical (unpaired) electrons. The Labute approximate surface area is 87.4 Å². The van der Waals surface area contributed by atoms with Gasteiger partial charge in [0.15, 0.2) is 0 Å². The van der Waals surface area contributed by atoms with Gasteiger partial charge in [0.25, 0.3) is 0 Å². The summed E-state index contributed by atoms with van der Waals surface area (Å²) in [5.74, 6) is -0.0995. The van der Waals surface area contributed by atoms with Gasteiger partial charge >= 0.3 is 0 Å². The number of fused-ring (bicyclic) bond motifs is 1. The first-order valence-corrected chi connectivity index (χ1v) is 5.89. The number of aliphatic hydroxyl groups is 1. The van der Waals surface area contributed by atoms with Gasteiger partial charge in [0, 0.05) is 0 Å². The number of phenolic OH excluding ortho intramolecular Hbond substituents is 1. The lowest BCUT2D eigenvalue weighted by Crippen LogP contribution is -2.11. The number of hydrogen-bond acceptors (Lipinski definition) is 4. The summed E-state index contributed by atoms with van der Waals surface area (Å²) < 4.78 is 23.7. The van der Waals surface area contributed by atoms with Crippen molar-refractivity contribution < 1.29 is 18.6 Å². The van der Waals surface area contributed by atoms with E-state index in [4.69, 9.17) is 0 Å². The van der Waals surface area contributed by atoms with Crippen LogP contribution in [-0.4, -0.2) is 24.7 Å². The number of phenols is 1. The predicted molar refractivity (Wildman–Crippen MR) is 55.0 cm³/mol. The van der Waals surface area contributed by atoms with Crippen molar-refractivity contribution >= 4 is 15.9 Å². The fraction of sp³-hybridized carbons (Fsp3) is 0.200. The number of rotatable bonds is 1. The number of hydrogen-bond donors (Lipinski definition) is 2. The molecule has 1 aromatic rings. The van der Waals surface area contributed by atoms with Crippen LogP contribution in [0, 0.1) is 0 Å². The Kier molecular flexibility index (Phi) is 2.09. The molecule has 80 valence electrons. The van der Waals surface area contributed by atoms with E-state index >= 15 is 0 Å². The third-order valence-corrected chi connectivity index (χ3v) is 4.32. The van der Waals surface area contributed by atoms with Crippen LogP contribution in [0.1, 0.15) is 12.5 Å². The van der Waals surface area contributed by atoms with Crippen LogP contribution >= 0.6 is 0 Å². The number of aromatic hydroxyl groups is 1. The summed E-state index contributed by atoms with van der Waals surface area (Å²) in [6.45, 7) is 1.40. The highest BCUT2D eigenvalue weighted by molar-refractivity contribution is 7.96. The molecule has 0 spiro atoms. The predicted octanol–water partition coefficient (Wildman–Crippen LogP) is 0.901. The fourth-order valence-electron chi connectivity index (χ4n) is 1.58. The molecule has 2 rings (SSSR count). The molecule has 5 heteroatoms. The van der Waals surface area contributed by atoms with E-state index in [1.54, 1.807) is 0 Å². The Bertz CT molecular complexity index is 541. The van der Waals surface area contributed by atoms with Gasteiger partial charge in [0.05, 0.1) is 15.9 Å². The van der Waals surface area contributed by atoms with Gasteiger partial charge in [-0.2, -0.15) is 0 Å². The minimum absolute atomic E-state index is 0.0249. The second-order valence-electron chi connectivity index (χ2n) is 3.45. The zero-order valence-electron chi connectivity index (χ0n) is 8.01. The summed E-state index contributed by atoms with van der Waals surface area (Å²) >= 11 is 0. The van der Waals surface area contributed by atoms with Crippen molar-refractivity contribution in [1.82, 2.24) is 0 Å². The monoisotopic (exact) mass is 226 g/mol. The molecule has 1 heterocycles. The van der Waals surface area contributed by atoms with Crippen LogP contribution in [0.15, 0.2) is 28.0 Å². The van der Waals surface area contributed by atoms with Crippen molar-refractivity contribution in [3.63, 3.8) is 0 Å². The van der Waals surface area contributed by atoms with Crippen LogP contribution in [0.5, 0.6) is 5.75 Å². The standard InChI is InChI=1S/C10H10O4S/c1-6(11)9-4-7-2-3-8(12)5-10(7)15(9,13)14/h2-6,11-12H,1H3. The molecule has 1 aliphatic rings. The highest BCUT2D eigenvalue weighted by Crippen LogP contribution is 2.36. The lowest BCUT2D eigenvalue weighted by Gasteiger charge is -2.05. The van der Waals surface area contributed by atoms with E-state index < -0.39 is 15.9 Å². The fourth-order valence-corrected chi connectivity index (χ4v) is 3.28. The highest BCUT2D eigenvalue weighted by atomic mass is 32.2. The summed E-state index contributed by atoms with van der Waals surface area (Å²) in [6, 6.07) is 4.12. The number of benzene rings is 1. The molecule has 1 atom stereocenters. The van der Waals surface area contributed by atoms with Crippen molar-refractivity contribution in [3.05, 3.63) is 28.7 Å². The van der Waals surface area contributed by atoms with E-state index in [1.807, 2.05) is 0 Å². The second kappa shape index (κ2) is 3.08. The Morgan fingerprint density at radius 1 is 1.33 bits per heavy atom. The highest BCUT2D eigenvalue weighted by Gasteiger charge is 2.32. The van der Waals surface area contributed by atoms with E-state index in [0.29, 0.717) is 5.56 Å². The maximum Gasteiger partial charge on any atom is 0.206 e. The van der Waals surface area contributed by atoms with Crippen LogP contribution in [-0.2, 0) is 9.84 Å². The molecule has 2 N–H and O–H groups in total. The van der Waals surface area contributed by atoms with E-state index in [1.165, 1.54) is 31.2 Å². The average molecular weight is 226 g/mol. The largest absolute Gasteiger partial charge is 0.508 e. The van der Waals surface area contributed by atoms with Gasteiger partial charge in [-0.15, -0.1) is 0 Å². The quantitative estimate of drug-likeness (QED) is 0.746. The Hall–Kier alpha value is -1.33. The summed E-state index contributed by atoms with van der Waals surface area (Å²) in [5.41, 5.74) is 0.503. The van der Waals surface area contributed by atoms with Crippen molar-refractivity contribution in [3.8, 4) is 5.75 Å². The molecule has 0 aromatic heterocycles. The molecule has 0 saturated heterocycles. The van der Waals surface area contributed by atoms with Crippen LogP contribution in [0.3, 0.4) is 0 Å². The SMILES string of the molecule is CC(O)C1=Cc2ccc(O)cc2S1(=O)=O. The molecule has 4 nitrogen and oxygen atoms in total. The molecule has 0 amide bonds. The molecule has 1 aliphatic heterocycles. The molecule has 0 saturated carbocycles. The van der Waals surface area contributed by atoms with Crippen LogP contribution < -0.4 is 0 Å². The van der Waals surface area contributed by atoms with Gasteiger partial charge in [0.1, 0.15) is 5.75 Å². The Morgan fingerprint density at radius 3 is 2.60 bits per heavy atom. The van der Waals surface area contributed by atoms with Crippen molar-refractivity contribution in [2.75, 3.05) is 0 Å². The van der Waals surface area contributed by atoms with Gasteiger partial charge < -0.3 is 10.2 Å². The van der Waals surface area contributed by atoms with Gasteiger partial charge in [-0.3, -0.25) is 0 Å². The summed E-state index contributed by atoms with van der Waals surface area (Å²) in [5, 5.41) is 18.5. The van der Waals surface area contributed by atoms with Gasteiger partial charge in [0.2, 0.25) is 9.84 Å². The third kappa shape index (κ3) is 1.44. The third-order valence-electron chi connectivity index (χ3n) is 2.31. The lowest BCUT2D eigenvalue weighted by atomic mass is 10.2. The average Bonchev–Trinajstić information content (AvgIpc) is 2.39. The van der Waals surface area contributed by atoms with Crippen molar-refractivity contribution in [1.29, 1.82) is 0 Å². The molecular formula is C10H10O4S. The van der Waals surface area contributed by atoms with Gasteiger partial charge in [-0.1, -0.05) is 0 Å². The summed E-state index contributed by atoms with van der Waals surface area (Å²) in [6.07, 6.45) is 0.388. The molecule has 0 aliphatic carbocycles. The van der Waals surface area contributed by atoms with Crippen molar-refractivity contribution in [2.24, 2.45) is 0 Å². The van der Waals surface area contributed by atoms with E-state index in [-0.39, 0.29) is 15.6 Å². The molecular weight excluding hydrogens is 216 g/mol. The first-order valence-electron chi connectivity index (χ1n) is 4.40. The number of aliphatic hydroxyl groups excluding tert-OH is 1. The normalized spacial score (nSPS) is 19.5. The minimum atomic E-state index is -3.62. The smallest absolute Gasteiger partial charge is 0.206 e. The first-order chi connectivity index (χ1) is 6.93. The Morgan fingerprint density at radius 2 is 2.00 bits per heavy atom. The first kappa shape index (κ1) is 10.2. The molecule has 0 bridgehead atoms. The zero-order chi connectivity index (χ0) is 11.2. The molecule has 1 unspecified atom stereocenters. The Balaban J connectivity index is 2.69. The molecule has 1 aromatic carbocycles.